The van der Waals surface area contributed by atoms with Crippen molar-refractivity contribution in [1.29, 1.82) is 0 Å². The topological polar surface area (TPSA) is 112 Å². The zero-order valence-electron chi connectivity index (χ0n) is 20.6. The first-order valence-corrected chi connectivity index (χ1v) is 14.1. The fourth-order valence-electron chi connectivity index (χ4n) is 4.48. The van der Waals surface area contributed by atoms with Gasteiger partial charge in [-0.05, 0) is 60.3 Å². The average molecular weight is 568 g/mol. The highest BCUT2D eigenvalue weighted by Gasteiger charge is 2.22. The van der Waals surface area contributed by atoms with Gasteiger partial charge in [0.1, 0.15) is 5.65 Å². The summed E-state index contributed by atoms with van der Waals surface area (Å²) < 4.78 is 1.49. The Kier molecular flexibility index (Phi) is 7.92. The van der Waals surface area contributed by atoms with E-state index in [0.29, 0.717) is 52.8 Å². The molecular formula is C27H26Cl2N5O3Si. The zero-order valence-corrected chi connectivity index (χ0v) is 23.1. The van der Waals surface area contributed by atoms with Crippen molar-refractivity contribution in [1.82, 2.24) is 14.5 Å². The first-order chi connectivity index (χ1) is 18.4. The molecule has 5 rings (SSSR count). The summed E-state index contributed by atoms with van der Waals surface area (Å²) in [6, 6.07) is 12.9. The third-order valence-electron chi connectivity index (χ3n) is 6.53. The number of nitrogens with one attached hydrogen (secondary N) is 2. The van der Waals surface area contributed by atoms with Crippen LogP contribution in [-0.2, 0) is 7.05 Å². The minimum Gasteiger partial charge on any atom is -0.394 e. The maximum absolute atomic E-state index is 13.5. The van der Waals surface area contributed by atoms with Gasteiger partial charge in [-0.1, -0.05) is 29.3 Å². The van der Waals surface area contributed by atoms with Gasteiger partial charge in [0, 0.05) is 51.2 Å². The summed E-state index contributed by atoms with van der Waals surface area (Å²) in [7, 11) is 2.37. The van der Waals surface area contributed by atoms with E-state index in [1.54, 1.807) is 19.3 Å². The molecule has 2 unspecified atom stereocenters. The summed E-state index contributed by atoms with van der Waals surface area (Å²) in [6.45, 7) is -0.0602. The fraction of sp³-hybridized carbons (Fsp3) is 0.259. The Balaban J connectivity index is 1.44. The number of rotatable bonds is 8. The monoisotopic (exact) mass is 566 g/mol. The van der Waals surface area contributed by atoms with Gasteiger partial charge in [-0.2, -0.15) is 4.98 Å². The van der Waals surface area contributed by atoms with Gasteiger partial charge in [-0.15, -0.1) is 5.67 Å². The summed E-state index contributed by atoms with van der Waals surface area (Å²) in [5, 5.41) is 26.3. The van der Waals surface area contributed by atoms with Crippen molar-refractivity contribution in [2.45, 2.75) is 24.5 Å². The smallest absolute Gasteiger partial charge is 0.259 e. The van der Waals surface area contributed by atoms with Gasteiger partial charge < -0.3 is 20.8 Å². The predicted molar refractivity (Wildman–Crippen MR) is 155 cm³/mol. The van der Waals surface area contributed by atoms with Crippen LogP contribution in [0.1, 0.15) is 23.9 Å². The Morgan fingerprint density at radius 2 is 1.95 bits per heavy atom. The quantitative estimate of drug-likeness (QED) is 0.237. The highest BCUT2D eigenvalue weighted by atomic mass is 35.5. The van der Waals surface area contributed by atoms with Gasteiger partial charge in [-0.3, -0.25) is 9.36 Å². The molecule has 2 aromatic carbocycles. The first-order valence-electron chi connectivity index (χ1n) is 12.2. The van der Waals surface area contributed by atoms with Crippen molar-refractivity contribution < 1.29 is 10.2 Å². The molecule has 2 atom stereocenters. The maximum atomic E-state index is 13.5. The predicted octanol–water partition coefficient (Wildman–Crippen LogP) is 4.15. The molecule has 38 heavy (non-hydrogen) atoms. The van der Waals surface area contributed by atoms with Gasteiger partial charge in [0.2, 0.25) is 5.95 Å². The van der Waals surface area contributed by atoms with Crippen LogP contribution in [0.3, 0.4) is 0 Å². The van der Waals surface area contributed by atoms with Crippen molar-refractivity contribution >= 4 is 66.4 Å². The second-order valence-electron chi connectivity index (χ2n) is 9.14. The lowest BCUT2D eigenvalue weighted by molar-refractivity contribution is 0.105. The van der Waals surface area contributed by atoms with Gasteiger partial charge in [-0.25, -0.2) is 4.98 Å². The van der Waals surface area contributed by atoms with Crippen LogP contribution in [0.15, 0.2) is 53.5 Å². The van der Waals surface area contributed by atoms with Crippen LogP contribution in [-0.4, -0.2) is 58.8 Å². The number of aromatic nitrogens is 3. The number of aliphatic hydroxyl groups is 2. The summed E-state index contributed by atoms with van der Waals surface area (Å²) in [5.41, 5.74) is 6.42. The van der Waals surface area contributed by atoms with E-state index in [2.05, 4.69) is 26.3 Å². The van der Waals surface area contributed by atoms with Crippen LogP contribution in [0, 0.1) is 0 Å². The second kappa shape index (κ2) is 11.3. The molecule has 0 amide bonds. The van der Waals surface area contributed by atoms with E-state index in [1.807, 2.05) is 36.4 Å². The fourth-order valence-corrected chi connectivity index (χ4v) is 6.64. The molecule has 11 heteroatoms. The van der Waals surface area contributed by atoms with Crippen LogP contribution in [0.4, 0.5) is 17.3 Å². The minimum absolute atomic E-state index is 0.243. The zero-order chi connectivity index (χ0) is 26.8. The minimum atomic E-state index is -0.826. The van der Waals surface area contributed by atoms with Gasteiger partial charge in [0.05, 0.1) is 28.3 Å². The first kappa shape index (κ1) is 26.5. The molecule has 0 saturated carbocycles. The van der Waals surface area contributed by atoms with Crippen molar-refractivity contribution in [3.63, 3.8) is 0 Å². The summed E-state index contributed by atoms with van der Waals surface area (Å²) in [4.78, 5) is 22.5. The van der Waals surface area contributed by atoms with E-state index in [0.717, 1.165) is 29.8 Å². The van der Waals surface area contributed by atoms with Crippen molar-refractivity contribution in [3.05, 3.63) is 74.6 Å². The van der Waals surface area contributed by atoms with E-state index in [1.165, 1.54) is 4.57 Å². The number of aliphatic hydroxyl groups excluding tert-OH is 2. The summed E-state index contributed by atoms with van der Waals surface area (Å²) in [6.07, 6.45) is 2.95. The lowest BCUT2D eigenvalue weighted by atomic mass is 10.00. The van der Waals surface area contributed by atoms with Crippen LogP contribution < -0.4 is 16.2 Å². The van der Waals surface area contributed by atoms with Gasteiger partial charge in [0.15, 0.2) is 0 Å². The molecule has 0 saturated heterocycles. The van der Waals surface area contributed by atoms with E-state index in [-0.39, 0.29) is 18.7 Å². The number of hydrogen-bond acceptors (Lipinski definition) is 7. The number of aryl methyl sites for hydroxylation is 1. The normalized spacial score (nSPS) is 15.7. The maximum Gasteiger partial charge on any atom is 0.259 e. The SMILES string of the molecule is Cn1c(=O)c(-c2c(Cl)ccc(C3CCC=[Si]3)c2Cl)cc2cnc(Nc3ccc(NCC(O)CO)cc3)nc21. The number of hydrogen-bond donors (Lipinski definition) is 4. The number of pyridine rings is 1. The summed E-state index contributed by atoms with van der Waals surface area (Å²) in [5.74, 6) is 0.341. The lowest BCUT2D eigenvalue weighted by Crippen LogP contribution is -2.22. The molecule has 4 N–H and O–H groups in total. The Bertz CT molecular complexity index is 1580. The number of halogens is 2. The highest BCUT2D eigenvalue weighted by molar-refractivity contribution is 6.51. The van der Waals surface area contributed by atoms with Crippen LogP contribution in [0.25, 0.3) is 22.2 Å². The second-order valence-corrected chi connectivity index (χ2v) is 11.4. The van der Waals surface area contributed by atoms with E-state index < -0.39 is 6.10 Å². The molecule has 1 aliphatic heterocycles. The largest absolute Gasteiger partial charge is 0.394 e. The molecule has 0 spiro atoms. The Hall–Kier alpha value is -3.08. The number of benzene rings is 2. The average Bonchev–Trinajstić information content (AvgIpc) is 3.46. The Labute approximate surface area is 231 Å². The van der Waals surface area contributed by atoms with E-state index in [4.69, 9.17) is 28.3 Å². The van der Waals surface area contributed by atoms with Gasteiger partial charge >= 0.3 is 0 Å². The highest BCUT2D eigenvalue weighted by Crippen LogP contribution is 2.40. The van der Waals surface area contributed by atoms with Crippen LogP contribution in [0.5, 0.6) is 0 Å². The number of anilines is 3. The molecule has 4 aromatic rings. The van der Waals surface area contributed by atoms with Crippen LogP contribution >= 0.6 is 23.2 Å². The molecular weight excluding hydrogens is 541 g/mol. The number of fused-ring (bicyclic) bond motifs is 1. The Morgan fingerprint density at radius 1 is 1.18 bits per heavy atom. The third-order valence-corrected chi connectivity index (χ3v) is 8.78. The molecule has 195 valence electrons. The number of nitrogens with zero attached hydrogens (tertiary/aromatic N) is 3. The Morgan fingerprint density at radius 3 is 2.66 bits per heavy atom. The molecule has 8 nitrogen and oxygen atoms in total. The van der Waals surface area contributed by atoms with Crippen molar-refractivity contribution in [3.8, 4) is 11.1 Å². The molecule has 0 fully saturated rings. The molecule has 3 heterocycles. The third kappa shape index (κ3) is 5.38. The molecule has 0 aliphatic carbocycles. The van der Waals surface area contributed by atoms with Crippen molar-refractivity contribution in [2.24, 2.45) is 7.05 Å². The molecule has 1 aliphatic rings. The van der Waals surface area contributed by atoms with Crippen molar-refractivity contribution in [2.75, 3.05) is 23.8 Å². The van der Waals surface area contributed by atoms with E-state index >= 15 is 0 Å². The lowest BCUT2D eigenvalue weighted by Gasteiger charge is -2.16. The van der Waals surface area contributed by atoms with Crippen LogP contribution in [0.2, 0.25) is 10.0 Å². The summed E-state index contributed by atoms with van der Waals surface area (Å²) >= 11 is 13.4. The molecule has 2 aromatic heterocycles. The van der Waals surface area contributed by atoms with E-state index in [9.17, 15) is 9.90 Å². The standard InChI is InChI=1S/C27H26Cl2N5O3Si/c1-34-25-15(12-31-27(33-25)32-17-6-4-16(5-7-17)30-13-18(36)14-35)11-20(26(34)37)23-21(28)9-8-19(24(23)29)22-3-2-10-38-22/h4-12,18,22,30,35-36H,2-3,13-14H2,1H3,(H,31,32,33). The van der Waals surface area contributed by atoms with Gasteiger partial charge in [0.25, 0.3) is 5.56 Å². The molecule has 0 bridgehead atoms. The molecule has 1 radical (unpaired) electrons.